The van der Waals surface area contributed by atoms with E-state index in [-0.39, 0.29) is 16.5 Å². The lowest BCUT2D eigenvalue weighted by Gasteiger charge is -2.32. The van der Waals surface area contributed by atoms with E-state index in [0.29, 0.717) is 33.0 Å². The minimum Gasteiger partial charge on any atom is -0.383 e. The third-order valence-electron chi connectivity index (χ3n) is 4.02. The molecule has 0 amide bonds. The van der Waals surface area contributed by atoms with Crippen LogP contribution in [-0.2, 0) is 18.9 Å². The number of rotatable bonds is 15. The molecule has 0 radical (unpaired) electrons. The molecule has 4 nitrogen and oxygen atoms in total. The minimum absolute atomic E-state index is 0.203. The first-order valence-corrected chi connectivity index (χ1v) is 10.3. The van der Waals surface area contributed by atoms with Crippen molar-refractivity contribution in [2.75, 3.05) is 40.1 Å². The average Bonchev–Trinajstić information content (AvgIpc) is 2.55. The Labute approximate surface area is 157 Å². The average molecular weight is 379 g/mol. The second kappa shape index (κ2) is 13.3. The zero-order valence-corrected chi connectivity index (χ0v) is 17.5. The largest absolute Gasteiger partial charge is 0.383 e. The molecular weight excluding hydrogens is 344 g/mol. The maximum atomic E-state index is 6.14. The normalized spacial score (nSPS) is 15.7. The van der Waals surface area contributed by atoms with Crippen molar-refractivity contribution >= 4 is 22.5 Å². The second-order valence-electron chi connectivity index (χ2n) is 6.66. The summed E-state index contributed by atoms with van der Waals surface area (Å²) in [7, 11) is 3.17. The number of methoxy groups -OCH3 is 1. The third-order valence-corrected chi connectivity index (χ3v) is 5.49. The van der Waals surface area contributed by atoms with Crippen LogP contribution in [0.3, 0.4) is 0 Å². The van der Waals surface area contributed by atoms with Crippen LogP contribution in [0.15, 0.2) is 0 Å². The van der Waals surface area contributed by atoms with E-state index < -0.39 is 0 Å². The predicted molar refractivity (Wildman–Crippen MR) is 106 cm³/mol. The summed E-state index contributed by atoms with van der Waals surface area (Å²) in [6.45, 7) is 11.3. The van der Waals surface area contributed by atoms with Crippen molar-refractivity contribution in [3.05, 3.63) is 0 Å². The molecule has 0 aliphatic heterocycles. The minimum atomic E-state index is -0.233. The highest BCUT2D eigenvalue weighted by Crippen LogP contribution is 2.25. The van der Waals surface area contributed by atoms with Crippen LogP contribution >= 0.6 is 22.5 Å². The molecule has 6 heteroatoms. The van der Waals surface area contributed by atoms with Gasteiger partial charge in [0.1, 0.15) is 6.61 Å². The standard InChI is InChI=1S/C18H34O4S2/c1-7-11-20-12-9-17(3,4)21-13-10-18(5,8-2)22-15-16(24-23)14-19-6/h1,16,23H,8-15H2,2-6H3. The maximum Gasteiger partial charge on any atom is 0.107 e. The summed E-state index contributed by atoms with van der Waals surface area (Å²) in [6, 6.07) is 0. The van der Waals surface area contributed by atoms with Gasteiger partial charge in [0, 0.05) is 7.11 Å². The molecule has 142 valence electrons. The van der Waals surface area contributed by atoms with Gasteiger partial charge in [0.2, 0.25) is 0 Å². The molecule has 2 atom stereocenters. The van der Waals surface area contributed by atoms with Gasteiger partial charge in [-0.3, -0.25) is 0 Å². The van der Waals surface area contributed by atoms with Crippen LogP contribution < -0.4 is 0 Å². The monoisotopic (exact) mass is 378 g/mol. The fraction of sp³-hybridized carbons (Fsp3) is 0.889. The van der Waals surface area contributed by atoms with Crippen LogP contribution in [0, 0.1) is 12.3 Å². The quantitative estimate of drug-likeness (QED) is 0.202. The first kappa shape index (κ1) is 24.1. The Kier molecular flexibility index (Phi) is 13.4. The molecule has 0 aliphatic rings. The van der Waals surface area contributed by atoms with Gasteiger partial charge in [0.15, 0.2) is 0 Å². The fourth-order valence-corrected chi connectivity index (χ4v) is 2.70. The molecule has 24 heavy (non-hydrogen) atoms. The van der Waals surface area contributed by atoms with Crippen LogP contribution in [0.2, 0.25) is 0 Å². The van der Waals surface area contributed by atoms with E-state index >= 15 is 0 Å². The van der Waals surface area contributed by atoms with E-state index in [2.05, 4.69) is 45.3 Å². The summed E-state index contributed by atoms with van der Waals surface area (Å²) in [5.41, 5.74) is -0.436. The molecule has 0 aliphatic carbocycles. The van der Waals surface area contributed by atoms with Gasteiger partial charge in [-0.05, 0) is 40.0 Å². The number of ether oxygens (including phenoxy) is 4. The number of hydrogen-bond acceptors (Lipinski definition) is 6. The van der Waals surface area contributed by atoms with Gasteiger partial charge in [-0.15, -0.1) is 18.1 Å². The molecule has 0 aromatic rings. The Morgan fingerprint density at radius 3 is 2.38 bits per heavy atom. The van der Waals surface area contributed by atoms with Crippen molar-refractivity contribution in [3.8, 4) is 12.3 Å². The van der Waals surface area contributed by atoms with Gasteiger partial charge in [-0.25, -0.2) is 0 Å². The third kappa shape index (κ3) is 11.6. The smallest absolute Gasteiger partial charge is 0.107 e. The lowest BCUT2D eigenvalue weighted by Crippen LogP contribution is -2.35. The highest BCUT2D eigenvalue weighted by atomic mass is 33.1. The van der Waals surface area contributed by atoms with Crippen LogP contribution in [0.25, 0.3) is 0 Å². The summed E-state index contributed by atoms with van der Waals surface area (Å²) in [6.07, 6.45) is 7.75. The highest BCUT2D eigenvalue weighted by Gasteiger charge is 2.26. The van der Waals surface area contributed by atoms with Crippen molar-refractivity contribution < 1.29 is 18.9 Å². The number of thiol groups is 1. The maximum absolute atomic E-state index is 6.14. The van der Waals surface area contributed by atoms with Crippen LogP contribution in [-0.4, -0.2) is 56.6 Å². The van der Waals surface area contributed by atoms with Crippen LogP contribution in [0.4, 0.5) is 0 Å². The highest BCUT2D eigenvalue weighted by molar-refractivity contribution is 8.68. The summed E-state index contributed by atoms with van der Waals surface area (Å²) in [5.74, 6) is 2.47. The van der Waals surface area contributed by atoms with Gasteiger partial charge in [0.05, 0.1) is 42.9 Å². The van der Waals surface area contributed by atoms with Crippen molar-refractivity contribution in [2.45, 2.75) is 63.4 Å². The van der Waals surface area contributed by atoms with E-state index in [1.165, 1.54) is 10.8 Å². The van der Waals surface area contributed by atoms with Crippen molar-refractivity contribution in [3.63, 3.8) is 0 Å². The van der Waals surface area contributed by atoms with Gasteiger partial charge >= 0.3 is 0 Å². The lowest BCUT2D eigenvalue weighted by molar-refractivity contribution is -0.0888. The first-order chi connectivity index (χ1) is 11.3. The van der Waals surface area contributed by atoms with Gasteiger partial charge in [-0.2, -0.15) is 0 Å². The fourth-order valence-electron chi connectivity index (χ4n) is 2.00. The molecule has 0 heterocycles. The molecular formula is C18H34O4S2. The first-order valence-electron chi connectivity index (χ1n) is 8.40. The van der Waals surface area contributed by atoms with E-state index in [1.807, 2.05) is 0 Å². The molecule has 0 aromatic heterocycles. The van der Waals surface area contributed by atoms with Crippen LogP contribution in [0.1, 0.15) is 47.0 Å². The van der Waals surface area contributed by atoms with E-state index in [1.54, 1.807) is 7.11 Å². The molecule has 0 spiro atoms. The number of hydrogen-bond donors (Lipinski definition) is 1. The van der Waals surface area contributed by atoms with Gasteiger partial charge in [0.25, 0.3) is 0 Å². The van der Waals surface area contributed by atoms with E-state index in [4.69, 9.17) is 25.4 Å². The molecule has 0 saturated carbocycles. The Hall–Kier alpha value is 0.1000. The molecule has 0 N–H and O–H groups in total. The predicted octanol–water partition coefficient (Wildman–Crippen LogP) is 3.99. The summed E-state index contributed by atoms with van der Waals surface area (Å²) in [4.78, 5) is 0. The zero-order valence-electron chi connectivity index (χ0n) is 15.8. The molecule has 0 rings (SSSR count). The van der Waals surface area contributed by atoms with Gasteiger partial charge in [-0.1, -0.05) is 23.6 Å². The molecule has 0 bridgehead atoms. The van der Waals surface area contributed by atoms with Crippen molar-refractivity contribution in [2.24, 2.45) is 0 Å². The Morgan fingerprint density at radius 1 is 1.12 bits per heavy atom. The summed E-state index contributed by atoms with van der Waals surface area (Å²) >= 11 is 4.27. The van der Waals surface area contributed by atoms with Crippen LogP contribution in [0.5, 0.6) is 0 Å². The molecule has 2 unspecified atom stereocenters. The topological polar surface area (TPSA) is 36.9 Å². The van der Waals surface area contributed by atoms with E-state index in [0.717, 1.165) is 19.3 Å². The molecule has 0 fully saturated rings. The zero-order chi connectivity index (χ0) is 18.5. The van der Waals surface area contributed by atoms with Crippen molar-refractivity contribution in [1.29, 1.82) is 0 Å². The Morgan fingerprint density at radius 2 is 1.83 bits per heavy atom. The molecule has 0 saturated heterocycles. The molecule has 0 aromatic carbocycles. The SMILES string of the molecule is C#CCOCCC(C)(C)OCCC(C)(CC)OCC(COC)SS. The van der Waals surface area contributed by atoms with Gasteiger partial charge < -0.3 is 18.9 Å². The lowest BCUT2D eigenvalue weighted by atomic mass is 9.99. The Bertz CT molecular complexity index is 357. The summed E-state index contributed by atoms with van der Waals surface area (Å²) < 4.78 is 22.7. The summed E-state index contributed by atoms with van der Waals surface area (Å²) in [5, 5.41) is 0.231. The Balaban J connectivity index is 4.19. The second-order valence-corrected chi connectivity index (χ2v) is 8.17. The van der Waals surface area contributed by atoms with E-state index in [9.17, 15) is 0 Å². The number of terminal acetylenes is 1. The van der Waals surface area contributed by atoms with Crippen molar-refractivity contribution in [1.82, 2.24) is 0 Å².